The van der Waals surface area contributed by atoms with E-state index in [0.717, 1.165) is 29.8 Å². The van der Waals surface area contributed by atoms with Crippen LogP contribution in [-0.2, 0) is 6.54 Å². The predicted molar refractivity (Wildman–Crippen MR) is 102 cm³/mol. The average Bonchev–Trinajstić information content (AvgIpc) is 3.27. The Balaban J connectivity index is 1.63. The summed E-state index contributed by atoms with van der Waals surface area (Å²) in [5, 5.41) is 0.630. The molecule has 1 aromatic carbocycles. The molecule has 1 aliphatic heterocycles. The maximum absolute atomic E-state index is 12.9. The van der Waals surface area contributed by atoms with Crippen molar-refractivity contribution >= 4 is 28.2 Å². The molecule has 0 saturated carbocycles. The second-order valence-corrected chi connectivity index (χ2v) is 7.90. The highest BCUT2D eigenvalue weighted by molar-refractivity contribution is 7.14. The normalized spacial score (nSPS) is 17.8. The lowest BCUT2D eigenvalue weighted by Gasteiger charge is -2.23. The Hall–Kier alpha value is -2.44. The number of fused-ring (bicyclic) bond motifs is 1. The van der Waals surface area contributed by atoms with E-state index in [2.05, 4.69) is 4.90 Å². The summed E-state index contributed by atoms with van der Waals surface area (Å²) in [4.78, 5) is 28.2. The zero-order valence-electron chi connectivity index (χ0n) is 14.5. The van der Waals surface area contributed by atoms with Crippen LogP contribution >= 0.6 is 11.3 Å². The number of hydrogen-bond acceptors (Lipinski definition) is 5. The fourth-order valence-corrected chi connectivity index (χ4v) is 4.64. The number of rotatable bonds is 4. The molecular weight excluding hydrogens is 348 g/mol. The van der Waals surface area contributed by atoms with E-state index in [1.165, 1.54) is 11.3 Å². The van der Waals surface area contributed by atoms with Gasteiger partial charge in [-0.1, -0.05) is 11.6 Å². The first kappa shape index (κ1) is 17.0. The second-order valence-electron chi connectivity index (χ2n) is 6.78. The molecule has 1 unspecified atom stereocenters. The number of hydrogen-bond donors (Lipinski definition) is 1. The van der Waals surface area contributed by atoms with E-state index in [0.29, 0.717) is 28.0 Å². The number of benzene rings is 1. The summed E-state index contributed by atoms with van der Waals surface area (Å²) in [5.41, 5.74) is 7.73. The third-order valence-electron chi connectivity index (χ3n) is 4.93. The van der Waals surface area contributed by atoms with Gasteiger partial charge in [-0.15, -0.1) is 11.3 Å². The molecule has 1 fully saturated rings. The maximum Gasteiger partial charge on any atom is 0.258 e. The van der Waals surface area contributed by atoms with Crippen LogP contribution in [0.1, 0.15) is 44.6 Å². The molecule has 134 valence electrons. The Labute approximate surface area is 155 Å². The molecular formula is C20H20N2O3S. The number of thiophene rings is 1. The third kappa shape index (κ3) is 3.06. The molecule has 26 heavy (non-hydrogen) atoms. The third-order valence-corrected chi connectivity index (χ3v) is 6.14. The predicted octanol–water partition coefficient (Wildman–Crippen LogP) is 3.60. The first-order chi connectivity index (χ1) is 12.5. The van der Waals surface area contributed by atoms with E-state index in [1.807, 2.05) is 31.2 Å². The molecule has 0 aliphatic carbocycles. The largest absolute Gasteiger partial charge is 0.464 e. The molecule has 0 spiro atoms. The summed E-state index contributed by atoms with van der Waals surface area (Å²) in [6.07, 6.45) is 3.65. The SMILES string of the molecule is Cc1ccc2occ(CN3CCCC3c3ccc(C(N)=O)s3)c(=O)c2c1. The summed E-state index contributed by atoms with van der Waals surface area (Å²) in [7, 11) is 0. The number of amides is 1. The maximum atomic E-state index is 12.9. The molecule has 1 aliphatic rings. The molecule has 5 nitrogen and oxygen atoms in total. The summed E-state index contributed by atoms with van der Waals surface area (Å²) in [6, 6.07) is 9.62. The van der Waals surface area contributed by atoms with Gasteiger partial charge in [-0.25, -0.2) is 0 Å². The summed E-state index contributed by atoms with van der Waals surface area (Å²) < 4.78 is 5.68. The van der Waals surface area contributed by atoms with Crippen molar-refractivity contribution in [1.29, 1.82) is 0 Å². The summed E-state index contributed by atoms with van der Waals surface area (Å²) >= 11 is 1.44. The smallest absolute Gasteiger partial charge is 0.258 e. The summed E-state index contributed by atoms with van der Waals surface area (Å²) in [5.74, 6) is -0.392. The fourth-order valence-electron chi connectivity index (χ4n) is 3.61. The van der Waals surface area contributed by atoms with E-state index in [1.54, 1.807) is 12.3 Å². The summed E-state index contributed by atoms with van der Waals surface area (Å²) in [6.45, 7) is 3.43. The van der Waals surface area contributed by atoms with E-state index in [4.69, 9.17) is 10.2 Å². The molecule has 3 heterocycles. The van der Waals surface area contributed by atoms with Crippen LogP contribution in [0.3, 0.4) is 0 Å². The first-order valence-electron chi connectivity index (χ1n) is 8.67. The van der Waals surface area contributed by atoms with Crippen LogP contribution < -0.4 is 11.2 Å². The number of nitrogens with two attached hydrogens (primary N) is 1. The van der Waals surface area contributed by atoms with Gasteiger partial charge in [0.15, 0.2) is 5.43 Å². The van der Waals surface area contributed by atoms with Crippen LogP contribution in [0.25, 0.3) is 11.0 Å². The second kappa shape index (κ2) is 6.70. The highest BCUT2D eigenvalue weighted by atomic mass is 32.1. The zero-order valence-corrected chi connectivity index (χ0v) is 15.3. The quantitative estimate of drug-likeness (QED) is 0.763. The van der Waals surface area contributed by atoms with Crippen molar-refractivity contribution in [2.75, 3.05) is 6.54 Å². The highest BCUT2D eigenvalue weighted by Gasteiger charge is 2.28. The van der Waals surface area contributed by atoms with Crippen molar-refractivity contribution in [2.45, 2.75) is 32.4 Å². The van der Waals surface area contributed by atoms with E-state index < -0.39 is 5.91 Å². The van der Waals surface area contributed by atoms with Gasteiger partial charge in [-0.2, -0.15) is 0 Å². The number of likely N-dealkylation sites (tertiary alicyclic amines) is 1. The molecule has 3 aromatic rings. The van der Waals surface area contributed by atoms with Gasteiger partial charge in [0.25, 0.3) is 5.91 Å². The van der Waals surface area contributed by atoms with Crippen molar-refractivity contribution in [2.24, 2.45) is 5.73 Å². The van der Waals surface area contributed by atoms with E-state index >= 15 is 0 Å². The van der Waals surface area contributed by atoms with Crippen molar-refractivity contribution in [3.05, 3.63) is 67.7 Å². The first-order valence-corrected chi connectivity index (χ1v) is 9.49. The van der Waals surface area contributed by atoms with Crippen LogP contribution in [0.4, 0.5) is 0 Å². The van der Waals surface area contributed by atoms with Crippen molar-refractivity contribution in [3.63, 3.8) is 0 Å². The van der Waals surface area contributed by atoms with Crippen LogP contribution in [0.2, 0.25) is 0 Å². The van der Waals surface area contributed by atoms with Gasteiger partial charge in [-0.3, -0.25) is 14.5 Å². The minimum Gasteiger partial charge on any atom is -0.464 e. The average molecular weight is 368 g/mol. The molecule has 1 amide bonds. The lowest BCUT2D eigenvalue weighted by atomic mass is 10.1. The molecule has 0 radical (unpaired) electrons. The van der Waals surface area contributed by atoms with Crippen LogP contribution in [0.15, 0.2) is 45.8 Å². The fraction of sp³-hybridized carbons (Fsp3) is 0.300. The van der Waals surface area contributed by atoms with Crippen LogP contribution in [-0.4, -0.2) is 17.4 Å². The van der Waals surface area contributed by atoms with Crippen LogP contribution in [0, 0.1) is 6.92 Å². The van der Waals surface area contributed by atoms with Gasteiger partial charge in [0.1, 0.15) is 5.58 Å². The Kier molecular flexibility index (Phi) is 4.38. The van der Waals surface area contributed by atoms with Gasteiger partial charge in [0.2, 0.25) is 0 Å². The Morgan fingerprint density at radius 2 is 2.19 bits per heavy atom. The van der Waals surface area contributed by atoms with Gasteiger partial charge in [0, 0.05) is 23.0 Å². The minimum atomic E-state index is -0.392. The van der Waals surface area contributed by atoms with E-state index in [9.17, 15) is 9.59 Å². The number of aryl methyl sites for hydroxylation is 1. The Morgan fingerprint density at radius 1 is 1.35 bits per heavy atom. The number of carbonyl (C=O) groups is 1. The molecule has 0 bridgehead atoms. The van der Waals surface area contributed by atoms with Gasteiger partial charge in [0.05, 0.1) is 16.5 Å². The number of nitrogens with zero attached hydrogens (tertiary/aromatic N) is 1. The molecule has 1 saturated heterocycles. The lowest BCUT2D eigenvalue weighted by Crippen LogP contribution is -2.25. The standard InChI is InChI=1S/C20H20N2O3S/c1-12-4-5-16-14(9-12)19(23)13(11-25-16)10-22-8-2-3-15(22)17-6-7-18(26-17)20(21)24/h4-7,9,11,15H,2-3,8,10H2,1H3,(H2,21,24). The Bertz CT molecular complexity index is 1040. The van der Waals surface area contributed by atoms with Crippen molar-refractivity contribution < 1.29 is 9.21 Å². The molecule has 4 rings (SSSR count). The minimum absolute atomic E-state index is 0.0320. The van der Waals surface area contributed by atoms with Gasteiger partial charge in [-0.05, 0) is 50.6 Å². The molecule has 1 atom stereocenters. The van der Waals surface area contributed by atoms with Gasteiger partial charge >= 0.3 is 0 Å². The number of primary amides is 1. The zero-order chi connectivity index (χ0) is 18.3. The molecule has 2 N–H and O–H groups in total. The monoisotopic (exact) mass is 368 g/mol. The van der Waals surface area contributed by atoms with E-state index in [-0.39, 0.29) is 11.5 Å². The van der Waals surface area contributed by atoms with Crippen molar-refractivity contribution in [1.82, 2.24) is 4.90 Å². The Morgan fingerprint density at radius 3 is 2.96 bits per heavy atom. The topological polar surface area (TPSA) is 76.5 Å². The lowest BCUT2D eigenvalue weighted by molar-refractivity contribution is 0.100. The highest BCUT2D eigenvalue weighted by Crippen LogP contribution is 2.36. The number of carbonyl (C=O) groups excluding carboxylic acids is 1. The molecule has 6 heteroatoms. The van der Waals surface area contributed by atoms with Crippen molar-refractivity contribution in [3.8, 4) is 0 Å². The van der Waals surface area contributed by atoms with Crippen LogP contribution in [0.5, 0.6) is 0 Å². The molecule has 2 aromatic heterocycles. The van der Waals surface area contributed by atoms with Gasteiger partial charge < -0.3 is 10.2 Å².